The molecule has 0 saturated carbocycles. The average molecular weight is 447 g/mol. The Morgan fingerprint density at radius 1 is 0.788 bits per heavy atom. The van der Waals surface area contributed by atoms with Gasteiger partial charge >= 0.3 is 5.97 Å². The van der Waals surface area contributed by atoms with Gasteiger partial charge in [0.15, 0.2) is 6.10 Å². The third kappa shape index (κ3) is 7.27. The topological polar surface area (TPSA) is 67.9 Å². The third-order valence-electron chi connectivity index (χ3n) is 5.32. The van der Waals surface area contributed by atoms with E-state index in [9.17, 15) is 9.59 Å². The quantitative estimate of drug-likeness (QED) is 0.455. The number of methoxy groups -OCH3 is 2. The highest BCUT2D eigenvalue weighted by Gasteiger charge is 2.29. The van der Waals surface area contributed by atoms with Crippen molar-refractivity contribution >= 4 is 11.9 Å². The summed E-state index contributed by atoms with van der Waals surface area (Å²) >= 11 is 0. The molecule has 172 valence electrons. The molecule has 1 N–H and O–H groups in total. The number of carbonyl (C=O) groups excluding carboxylic acids is 2. The first-order valence-electron chi connectivity index (χ1n) is 10.9. The summed E-state index contributed by atoms with van der Waals surface area (Å²) < 4.78 is 10.4. The predicted octanol–water partition coefficient (Wildman–Crippen LogP) is 3.73. The van der Waals surface area contributed by atoms with Crippen molar-refractivity contribution in [3.63, 3.8) is 0 Å². The summed E-state index contributed by atoms with van der Waals surface area (Å²) in [7, 11) is 2.80. The Bertz CT molecular complexity index is 955. The minimum absolute atomic E-state index is 0.285. The molecule has 0 bridgehead atoms. The largest absolute Gasteiger partial charge is 0.467 e. The highest BCUT2D eigenvalue weighted by molar-refractivity contribution is 5.87. The number of benzene rings is 3. The Balaban J connectivity index is 1.79. The molecule has 0 fully saturated rings. The van der Waals surface area contributed by atoms with E-state index in [-0.39, 0.29) is 6.54 Å². The molecule has 0 unspecified atom stereocenters. The molecule has 0 aliphatic rings. The van der Waals surface area contributed by atoms with E-state index in [1.165, 1.54) is 14.2 Å². The molecular weight excluding hydrogens is 416 g/mol. The molecule has 0 saturated heterocycles. The highest BCUT2D eigenvalue weighted by atomic mass is 16.5. The lowest BCUT2D eigenvalue weighted by Crippen LogP contribution is -2.50. The maximum Gasteiger partial charge on any atom is 0.329 e. The number of rotatable bonds is 11. The number of nitrogens with zero attached hydrogens (tertiary/aromatic N) is 1. The first kappa shape index (κ1) is 24.2. The average Bonchev–Trinajstić information content (AvgIpc) is 2.85. The maximum absolute atomic E-state index is 13.0. The predicted molar refractivity (Wildman–Crippen MR) is 127 cm³/mol. The molecule has 3 aromatic rings. The van der Waals surface area contributed by atoms with E-state index in [0.717, 1.165) is 11.1 Å². The van der Waals surface area contributed by atoms with Gasteiger partial charge in [-0.3, -0.25) is 9.69 Å². The van der Waals surface area contributed by atoms with Gasteiger partial charge in [-0.1, -0.05) is 91.0 Å². The van der Waals surface area contributed by atoms with Gasteiger partial charge in [0.2, 0.25) is 0 Å². The zero-order valence-corrected chi connectivity index (χ0v) is 19.0. The van der Waals surface area contributed by atoms with E-state index >= 15 is 0 Å². The fourth-order valence-electron chi connectivity index (χ4n) is 3.72. The number of amides is 1. The fraction of sp³-hybridized carbons (Fsp3) is 0.259. The summed E-state index contributed by atoms with van der Waals surface area (Å²) in [6.07, 6.45) is -0.824. The van der Waals surface area contributed by atoms with E-state index in [0.29, 0.717) is 18.7 Å². The van der Waals surface area contributed by atoms with Crippen LogP contribution in [-0.4, -0.2) is 43.6 Å². The Morgan fingerprint density at radius 2 is 1.27 bits per heavy atom. The molecule has 0 aromatic heterocycles. The molecule has 2 atom stereocenters. The molecule has 33 heavy (non-hydrogen) atoms. The normalized spacial score (nSPS) is 12.7. The summed E-state index contributed by atoms with van der Waals surface area (Å²) in [6.45, 7) is 1.52. The molecule has 3 rings (SSSR count). The molecule has 0 radical (unpaired) electrons. The fourth-order valence-corrected chi connectivity index (χ4v) is 3.72. The van der Waals surface area contributed by atoms with E-state index in [4.69, 9.17) is 9.47 Å². The first-order valence-corrected chi connectivity index (χ1v) is 10.9. The molecule has 0 heterocycles. The van der Waals surface area contributed by atoms with Crippen molar-refractivity contribution < 1.29 is 19.1 Å². The number of hydrogen-bond acceptors (Lipinski definition) is 5. The molecule has 0 spiro atoms. The van der Waals surface area contributed by atoms with Crippen LogP contribution < -0.4 is 5.32 Å². The van der Waals surface area contributed by atoms with Crippen LogP contribution in [0.5, 0.6) is 0 Å². The Kier molecular flexibility index (Phi) is 9.18. The molecule has 1 amide bonds. The number of esters is 1. The standard InChI is InChI=1S/C27H30N2O4/c1-32-25(23-16-10-5-11-17-23)26(30)28-24(27(31)33-2)20-29(18-21-12-6-3-7-13-21)19-22-14-8-4-9-15-22/h3-17,24-25H,18-20H2,1-2H3,(H,28,30)/t24-,25-/m0/s1. The van der Waals surface area contributed by atoms with Crippen molar-refractivity contribution in [2.45, 2.75) is 25.2 Å². The molecular formula is C27H30N2O4. The second-order valence-corrected chi connectivity index (χ2v) is 7.75. The van der Waals surface area contributed by atoms with Crippen LogP contribution in [0.2, 0.25) is 0 Å². The second-order valence-electron chi connectivity index (χ2n) is 7.75. The minimum atomic E-state index is -0.851. The third-order valence-corrected chi connectivity index (χ3v) is 5.32. The lowest BCUT2D eigenvalue weighted by molar-refractivity contribution is -0.147. The van der Waals surface area contributed by atoms with Crippen molar-refractivity contribution in [3.8, 4) is 0 Å². The van der Waals surface area contributed by atoms with Gasteiger partial charge in [-0.2, -0.15) is 0 Å². The van der Waals surface area contributed by atoms with Gasteiger partial charge in [-0.25, -0.2) is 4.79 Å². The van der Waals surface area contributed by atoms with Crippen LogP contribution >= 0.6 is 0 Å². The number of carbonyl (C=O) groups is 2. The number of nitrogens with one attached hydrogen (secondary N) is 1. The van der Waals surface area contributed by atoms with E-state index in [2.05, 4.69) is 10.2 Å². The monoisotopic (exact) mass is 446 g/mol. The van der Waals surface area contributed by atoms with Gasteiger partial charge in [-0.05, 0) is 16.7 Å². The summed E-state index contributed by atoms with van der Waals surface area (Å²) in [5, 5.41) is 2.84. The summed E-state index contributed by atoms with van der Waals surface area (Å²) in [5.74, 6) is -0.893. The summed E-state index contributed by atoms with van der Waals surface area (Å²) in [6, 6.07) is 28.4. The zero-order valence-electron chi connectivity index (χ0n) is 19.0. The van der Waals surface area contributed by atoms with Gasteiger partial charge in [-0.15, -0.1) is 0 Å². The van der Waals surface area contributed by atoms with Crippen LogP contribution in [0.25, 0.3) is 0 Å². The Hall–Kier alpha value is -3.48. The van der Waals surface area contributed by atoms with Crippen molar-refractivity contribution in [2.75, 3.05) is 20.8 Å². The zero-order chi connectivity index (χ0) is 23.5. The van der Waals surface area contributed by atoms with Crippen molar-refractivity contribution in [2.24, 2.45) is 0 Å². The molecule has 0 aliphatic heterocycles. The Labute approximate surface area is 195 Å². The van der Waals surface area contributed by atoms with Crippen LogP contribution in [-0.2, 0) is 32.2 Å². The second kappa shape index (κ2) is 12.5. The van der Waals surface area contributed by atoms with Crippen molar-refractivity contribution in [3.05, 3.63) is 108 Å². The number of ether oxygens (including phenoxy) is 2. The van der Waals surface area contributed by atoms with Crippen LogP contribution in [0.1, 0.15) is 22.8 Å². The van der Waals surface area contributed by atoms with E-state index < -0.39 is 24.0 Å². The van der Waals surface area contributed by atoms with Gasteiger partial charge in [0.05, 0.1) is 7.11 Å². The summed E-state index contributed by atoms with van der Waals surface area (Å²) in [5.41, 5.74) is 2.94. The van der Waals surface area contributed by atoms with Crippen molar-refractivity contribution in [1.29, 1.82) is 0 Å². The van der Waals surface area contributed by atoms with E-state index in [1.54, 1.807) is 0 Å². The highest BCUT2D eigenvalue weighted by Crippen LogP contribution is 2.17. The van der Waals surface area contributed by atoms with Crippen LogP contribution in [0.15, 0.2) is 91.0 Å². The van der Waals surface area contributed by atoms with Crippen LogP contribution in [0.4, 0.5) is 0 Å². The SMILES string of the molecule is COC(=O)[C@H](CN(Cc1ccccc1)Cc1ccccc1)NC(=O)[C@@H](OC)c1ccccc1. The van der Waals surface area contributed by atoms with Crippen molar-refractivity contribution in [1.82, 2.24) is 10.2 Å². The first-order chi connectivity index (χ1) is 16.1. The smallest absolute Gasteiger partial charge is 0.329 e. The Morgan fingerprint density at radius 3 is 1.73 bits per heavy atom. The van der Waals surface area contributed by atoms with E-state index in [1.807, 2.05) is 91.0 Å². The number of hydrogen-bond donors (Lipinski definition) is 1. The lowest BCUT2D eigenvalue weighted by Gasteiger charge is -2.28. The van der Waals surface area contributed by atoms with Gasteiger partial charge in [0, 0.05) is 26.7 Å². The molecule has 0 aliphatic carbocycles. The van der Waals surface area contributed by atoms with Gasteiger partial charge < -0.3 is 14.8 Å². The van der Waals surface area contributed by atoms with Gasteiger partial charge in [0.1, 0.15) is 6.04 Å². The molecule has 6 heteroatoms. The summed E-state index contributed by atoms with van der Waals surface area (Å²) in [4.78, 5) is 27.8. The maximum atomic E-state index is 13.0. The molecule has 3 aromatic carbocycles. The van der Waals surface area contributed by atoms with Crippen LogP contribution in [0.3, 0.4) is 0 Å². The minimum Gasteiger partial charge on any atom is -0.467 e. The molecule has 6 nitrogen and oxygen atoms in total. The van der Waals surface area contributed by atoms with Gasteiger partial charge in [0.25, 0.3) is 5.91 Å². The van der Waals surface area contributed by atoms with Crippen LogP contribution in [0, 0.1) is 0 Å². The lowest BCUT2D eigenvalue weighted by atomic mass is 10.1.